The fraction of sp³-hybridized carbons (Fsp3) is 0. The van der Waals surface area contributed by atoms with Crippen molar-refractivity contribution in [2.75, 3.05) is 0 Å². The maximum Gasteiger partial charge on any atom is 1.00 e. The molecule has 5 heavy (non-hydrogen) atoms. The van der Waals surface area contributed by atoms with Gasteiger partial charge in [0.15, 0.2) is 0 Å². The maximum atomic E-state index is 8.85. The van der Waals surface area contributed by atoms with Crippen LogP contribution in [0.1, 0.15) is 0 Å². The smallest absolute Gasteiger partial charge is 0.546 e. The van der Waals surface area contributed by atoms with Gasteiger partial charge < -0.3 is 9.90 Å². The van der Waals surface area contributed by atoms with Gasteiger partial charge in [-0.1, -0.05) is 9.24 Å². The van der Waals surface area contributed by atoms with E-state index in [1.165, 1.54) is 9.24 Å². The van der Waals surface area contributed by atoms with Crippen molar-refractivity contribution in [1.82, 2.24) is 0 Å². The van der Waals surface area contributed by atoms with Crippen LogP contribution in [0.4, 0.5) is 4.79 Å². The molecule has 4 heteroatoms. The van der Waals surface area contributed by atoms with Gasteiger partial charge in [-0.25, -0.2) is 0 Å². The van der Waals surface area contributed by atoms with E-state index in [0.29, 0.717) is 0 Å². The first kappa shape index (κ1) is 9.31. The van der Waals surface area contributed by atoms with Crippen molar-refractivity contribution in [3.63, 3.8) is 0 Å². The monoisotopic (exact) mass is 100.0 g/mol. The van der Waals surface area contributed by atoms with E-state index in [1.807, 2.05) is 0 Å². The van der Waals surface area contributed by atoms with E-state index in [9.17, 15) is 0 Å². The molecule has 0 saturated heterocycles. The van der Waals surface area contributed by atoms with Crippen LogP contribution in [0.25, 0.3) is 0 Å². The maximum absolute atomic E-state index is 8.85. The molecule has 2 nitrogen and oxygen atoms in total. The van der Waals surface area contributed by atoms with Gasteiger partial charge in [-0.05, 0) is 0 Å². The van der Waals surface area contributed by atoms with Gasteiger partial charge in [-0.3, -0.25) is 0 Å². The van der Waals surface area contributed by atoms with Gasteiger partial charge in [0.05, 0.1) is 5.71 Å². The predicted octanol–water partition coefficient (Wildman–Crippen LogP) is -3.79. The molecule has 0 saturated carbocycles. The van der Waals surface area contributed by atoms with Gasteiger partial charge in [-0.15, -0.1) is 0 Å². The summed E-state index contributed by atoms with van der Waals surface area (Å²) < 4.78 is 0. The Balaban J connectivity index is 0. The van der Waals surface area contributed by atoms with E-state index >= 15 is 0 Å². The molecule has 0 aliphatic heterocycles. The first-order valence-corrected chi connectivity index (χ1v) is 1.27. The molecule has 0 aromatic carbocycles. The first-order chi connectivity index (χ1) is 1.73. The van der Waals surface area contributed by atoms with Crippen molar-refractivity contribution in [3.8, 4) is 0 Å². The molecule has 0 aromatic rings. The molecule has 0 heterocycles. The molecule has 0 N–H and O–H groups in total. The average Bonchev–Trinajstić information content (AvgIpc) is 0.811. The molecule has 0 radical (unpaired) electrons. The Bertz CT molecular complexity index is 32.6. The quantitative estimate of drug-likeness (QED) is 0.231. The van der Waals surface area contributed by atoms with Crippen LogP contribution in [0.3, 0.4) is 0 Å². The Kier molecular flexibility index (Phi) is 9.13. The van der Waals surface area contributed by atoms with Crippen LogP contribution in [0.2, 0.25) is 0 Å². The van der Waals surface area contributed by atoms with Gasteiger partial charge in [0.2, 0.25) is 0 Å². The molecule has 0 aliphatic carbocycles. The van der Waals surface area contributed by atoms with Crippen LogP contribution in [0.5, 0.6) is 0 Å². The summed E-state index contributed by atoms with van der Waals surface area (Å²) in [5.41, 5.74) is -1.17. The van der Waals surface area contributed by atoms with E-state index in [2.05, 4.69) is 0 Å². The van der Waals surface area contributed by atoms with Gasteiger partial charge >= 0.3 is 29.6 Å². The average molecular weight is 100.0 g/mol. The van der Waals surface area contributed by atoms with Crippen LogP contribution in [-0.2, 0) is 0 Å². The predicted molar refractivity (Wildman–Crippen MR) is 15.1 cm³/mol. The third-order valence-corrected chi connectivity index (χ3v) is 0. The fourth-order valence-electron chi connectivity index (χ4n) is 0. The van der Waals surface area contributed by atoms with Crippen molar-refractivity contribution in [2.45, 2.75) is 0 Å². The molecule has 0 aliphatic rings. The van der Waals surface area contributed by atoms with E-state index < -0.39 is 5.71 Å². The Morgan fingerprint density at radius 1 is 1.80 bits per heavy atom. The molecule has 0 rings (SSSR count). The second-order valence-electron chi connectivity index (χ2n) is 0.319. The molecule has 0 spiro atoms. The number of carbonyl (C=O) groups is 1. The van der Waals surface area contributed by atoms with Gasteiger partial charge in [-0.2, -0.15) is 0 Å². The minimum atomic E-state index is -1.17. The molecule has 0 fully saturated rings. The molecule has 0 aromatic heterocycles. The molecule has 1 atom stereocenters. The normalized spacial score (nSPS) is 5.00. The summed E-state index contributed by atoms with van der Waals surface area (Å²) in [6, 6.07) is 0. The van der Waals surface area contributed by atoms with Crippen LogP contribution >= 0.6 is 9.24 Å². The van der Waals surface area contributed by atoms with Crippen molar-refractivity contribution >= 4 is 15.0 Å². The zero-order valence-electron chi connectivity index (χ0n) is 2.89. The van der Waals surface area contributed by atoms with Crippen molar-refractivity contribution < 1.29 is 39.5 Å². The topological polar surface area (TPSA) is 40.1 Å². The summed E-state index contributed by atoms with van der Waals surface area (Å²) >= 11 is 0. The zero-order chi connectivity index (χ0) is 3.58. The number of hydrogen-bond donors (Lipinski definition) is 0. The number of rotatable bonds is 0. The number of carboxylic acid groups (broad SMARTS) is 1. The van der Waals surface area contributed by atoms with E-state index in [0.717, 1.165) is 0 Å². The van der Waals surface area contributed by atoms with Crippen LogP contribution in [0.15, 0.2) is 0 Å². The van der Waals surface area contributed by atoms with Crippen LogP contribution in [0, 0.1) is 0 Å². The SMILES string of the molecule is O=C([O-])P.[Na+]. The Hall–Kier alpha value is 0.900. The minimum absolute atomic E-state index is 0. The molecule has 0 bridgehead atoms. The largest absolute Gasteiger partial charge is 1.00 e. The van der Waals surface area contributed by atoms with Crippen molar-refractivity contribution in [3.05, 3.63) is 0 Å². The molecule has 24 valence electrons. The fourth-order valence-corrected chi connectivity index (χ4v) is 0. The number of hydrogen-bond acceptors (Lipinski definition) is 2. The van der Waals surface area contributed by atoms with E-state index in [1.54, 1.807) is 0 Å². The van der Waals surface area contributed by atoms with Gasteiger partial charge in [0.25, 0.3) is 0 Å². The van der Waals surface area contributed by atoms with Crippen LogP contribution < -0.4 is 34.7 Å². The summed E-state index contributed by atoms with van der Waals surface area (Å²) in [7, 11) is 1.46. The standard InChI is InChI=1S/CH3O2P.Na/c2-1(3)4;/h4H2,(H,2,3);/q;+1/p-1. The van der Waals surface area contributed by atoms with E-state index in [-0.39, 0.29) is 29.6 Å². The van der Waals surface area contributed by atoms with Gasteiger partial charge in [0.1, 0.15) is 0 Å². The summed E-state index contributed by atoms with van der Waals surface area (Å²) in [4.78, 5) is 8.85. The first-order valence-electron chi connectivity index (χ1n) is 0.697. The Morgan fingerprint density at radius 2 is 1.80 bits per heavy atom. The minimum Gasteiger partial charge on any atom is -0.546 e. The Morgan fingerprint density at radius 3 is 1.80 bits per heavy atom. The van der Waals surface area contributed by atoms with Crippen molar-refractivity contribution in [1.29, 1.82) is 0 Å². The Labute approximate surface area is 54.4 Å². The summed E-state index contributed by atoms with van der Waals surface area (Å²) in [6.07, 6.45) is 0. The summed E-state index contributed by atoms with van der Waals surface area (Å²) in [6.45, 7) is 0. The molecule has 0 amide bonds. The number of carbonyl (C=O) groups excluding carboxylic acids is 1. The molecule has 1 unspecified atom stereocenters. The second-order valence-corrected chi connectivity index (χ2v) is 0.790. The molecular formula is CH2NaO2P. The van der Waals surface area contributed by atoms with E-state index in [4.69, 9.17) is 9.90 Å². The third-order valence-electron chi connectivity index (χ3n) is 0. The van der Waals surface area contributed by atoms with Crippen LogP contribution in [-0.4, -0.2) is 5.71 Å². The summed E-state index contributed by atoms with van der Waals surface area (Å²) in [5, 5.41) is 8.85. The molecular weight excluding hydrogens is 98.0 g/mol. The van der Waals surface area contributed by atoms with Gasteiger partial charge in [0, 0.05) is 0 Å². The summed E-state index contributed by atoms with van der Waals surface area (Å²) in [5.74, 6) is 0. The second kappa shape index (κ2) is 4.90. The zero-order valence-corrected chi connectivity index (χ0v) is 6.05. The third kappa shape index (κ3) is 50.9. The van der Waals surface area contributed by atoms with Crippen molar-refractivity contribution in [2.24, 2.45) is 0 Å².